The first-order valence-electron chi connectivity index (χ1n) is 8.20. The third-order valence-corrected chi connectivity index (χ3v) is 5.79. The minimum absolute atomic E-state index is 0.190. The SMILES string of the molecule is CC1CN(C(=O)OC(C)(C)C)CCN1S(=O)(=O)Cc1ccc(F)cc1. The molecule has 140 valence electrons. The van der Waals surface area contributed by atoms with Crippen molar-refractivity contribution in [3.8, 4) is 0 Å². The third-order valence-electron chi connectivity index (χ3n) is 3.84. The van der Waals surface area contributed by atoms with Gasteiger partial charge in [-0.05, 0) is 45.4 Å². The molecule has 1 amide bonds. The molecule has 0 N–H and O–H groups in total. The van der Waals surface area contributed by atoms with Crippen LogP contribution < -0.4 is 0 Å². The number of nitrogens with zero attached hydrogens (tertiary/aromatic N) is 2. The van der Waals surface area contributed by atoms with Crippen LogP contribution in [0.5, 0.6) is 0 Å². The van der Waals surface area contributed by atoms with E-state index in [-0.39, 0.29) is 31.4 Å². The van der Waals surface area contributed by atoms with Crippen molar-refractivity contribution in [1.29, 1.82) is 0 Å². The normalized spacial score (nSPS) is 19.7. The van der Waals surface area contributed by atoms with Crippen LogP contribution in [0.25, 0.3) is 0 Å². The highest BCUT2D eigenvalue weighted by atomic mass is 32.2. The second-order valence-electron chi connectivity index (χ2n) is 7.27. The predicted octanol–water partition coefficient (Wildman–Crippen LogP) is 2.60. The molecule has 8 heteroatoms. The van der Waals surface area contributed by atoms with Crippen molar-refractivity contribution in [1.82, 2.24) is 9.21 Å². The van der Waals surface area contributed by atoms with Crippen molar-refractivity contribution in [3.05, 3.63) is 35.6 Å². The quantitative estimate of drug-likeness (QED) is 0.818. The first kappa shape index (κ1) is 19.7. The number of piperazine rings is 1. The van der Waals surface area contributed by atoms with Crippen molar-refractivity contribution in [2.45, 2.75) is 45.1 Å². The molecular weight excluding hydrogens is 347 g/mol. The van der Waals surface area contributed by atoms with Gasteiger partial charge in [0.05, 0.1) is 5.75 Å². The van der Waals surface area contributed by atoms with Crippen molar-refractivity contribution in [3.63, 3.8) is 0 Å². The van der Waals surface area contributed by atoms with Crippen LogP contribution in [0.3, 0.4) is 0 Å². The summed E-state index contributed by atoms with van der Waals surface area (Å²) in [6.45, 7) is 7.90. The Morgan fingerprint density at radius 3 is 2.36 bits per heavy atom. The van der Waals surface area contributed by atoms with Gasteiger partial charge in [-0.25, -0.2) is 17.6 Å². The van der Waals surface area contributed by atoms with Gasteiger partial charge in [-0.2, -0.15) is 4.31 Å². The van der Waals surface area contributed by atoms with E-state index in [0.717, 1.165) is 0 Å². The van der Waals surface area contributed by atoms with Gasteiger partial charge >= 0.3 is 6.09 Å². The zero-order valence-corrected chi connectivity index (χ0v) is 15.8. The fraction of sp³-hybridized carbons (Fsp3) is 0.588. The van der Waals surface area contributed by atoms with E-state index in [9.17, 15) is 17.6 Å². The number of benzene rings is 1. The Balaban J connectivity index is 2.02. The summed E-state index contributed by atoms with van der Waals surface area (Å²) in [5.41, 5.74) is -0.0604. The summed E-state index contributed by atoms with van der Waals surface area (Å²) in [7, 11) is -3.55. The van der Waals surface area contributed by atoms with Gasteiger partial charge in [0.25, 0.3) is 0 Å². The lowest BCUT2D eigenvalue weighted by atomic mass is 10.2. The van der Waals surface area contributed by atoms with Gasteiger partial charge in [-0.1, -0.05) is 12.1 Å². The molecule has 0 aliphatic carbocycles. The summed E-state index contributed by atoms with van der Waals surface area (Å²) in [6.07, 6.45) is -0.435. The number of halogens is 1. The maximum Gasteiger partial charge on any atom is 0.410 e. The lowest BCUT2D eigenvalue weighted by molar-refractivity contribution is 0.0143. The molecule has 25 heavy (non-hydrogen) atoms. The summed E-state index contributed by atoms with van der Waals surface area (Å²) < 4.78 is 45.0. The summed E-state index contributed by atoms with van der Waals surface area (Å²) in [6, 6.07) is 5.07. The monoisotopic (exact) mass is 372 g/mol. The minimum atomic E-state index is -3.55. The second kappa shape index (κ2) is 7.29. The molecule has 1 heterocycles. The van der Waals surface area contributed by atoms with Gasteiger partial charge in [0.1, 0.15) is 11.4 Å². The van der Waals surface area contributed by atoms with Crippen LogP contribution in [-0.4, -0.2) is 55.0 Å². The minimum Gasteiger partial charge on any atom is -0.444 e. The molecule has 1 aromatic rings. The van der Waals surface area contributed by atoms with Crippen molar-refractivity contribution < 1.29 is 22.3 Å². The van der Waals surface area contributed by atoms with Crippen molar-refractivity contribution >= 4 is 16.1 Å². The molecule has 1 saturated heterocycles. The van der Waals surface area contributed by atoms with Crippen molar-refractivity contribution in [2.75, 3.05) is 19.6 Å². The smallest absolute Gasteiger partial charge is 0.410 e. The fourth-order valence-electron chi connectivity index (χ4n) is 2.72. The topological polar surface area (TPSA) is 66.9 Å². The van der Waals surface area contributed by atoms with E-state index in [0.29, 0.717) is 5.56 Å². The Bertz CT molecular complexity index is 713. The van der Waals surface area contributed by atoms with Crippen molar-refractivity contribution in [2.24, 2.45) is 0 Å². The van der Waals surface area contributed by atoms with Crippen LogP contribution >= 0.6 is 0 Å². The molecule has 0 bridgehead atoms. The van der Waals surface area contributed by atoms with Crippen LogP contribution in [0, 0.1) is 5.82 Å². The standard InChI is InChI=1S/C17H25FN2O4S/c1-13-11-19(16(21)24-17(2,3)4)9-10-20(13)25(22,23)12-14-5-7-15(18)8-6-14/h5-8,13H,9-12H2,1-4H3. The van der Waals surface area contributed by atoms with Gasteiger partial charge in [-0.15, -0.1) is 0 Å². The number of carbonyl (C=O) groups is 1. The molecule has 1 fully saturated rings. The fourth-order valence-corrected chi connectivity index (χ4v) is 4.47. The molecule has 0 saturated carbocycles. The number of hydrogen-bond donors (Lipinski definition) is 0. The largest absolute Gasteiger partial charge is 0.444 e. The predicted molar refractivity (Wildman–Crippen MR) is 93.0 cm³/mol. The lowest BCUT2D eigenvalue weighted by Crippen LogP contribution is -2.56. The Labute approximate surface area is 148 Å². The number of sulfonamides is 1. The molecule has 0 spiro atoms. The number of ether oxygens (including phenoxy) is 1. The van der Waals surface area contributed by atoms with Gasteiger partial charge < -0.3 is 9.64 Å². The zero-order chi connectivity index (χ0) is 18.8. The first-order chi connectivity index (χ1) is 11.5. The van der Waals surface area contributed by atoms with Gasteiger partial charge in [0.2, 0.25) is 10.0 Å². The van der Waals surface area contributed by atoms with Crippen LogP contribution in [0.1, 0.15) is 33.3 Å². The highest BCUT2D eigenvalue weighted by Crippen LogP contribution is 2.20. The van der Waals surface area contributed by atoms with Gasteiger partial charge in [-0.3, -0.25) is 0 Å². The molecule has 1 atom stereocenters. The average Bonchev–Trinajstić information content (AvgIpc) is 2.47. The molecule has 0 radical (unpaired) electrons. The molecule has 0 aromatic heterocycles. The van der Waals surface area contributed by atoms with E-state index < -0.39 is 27.5 Å². The summed E-state index contributed by atoms with van der Waals surface area (Å²) >= 11 is 0. The molecule has 1 aromatic carbocycles. The second-order valence-corrected chi connectivity index (χ2v) is 9.19. The molecule has 1 aliphatic rings. The summed E-state index contributed by atoms with van der Waals surface area (Å²) in [4.78, 5) is 13.7. The Morgan fingerprint density at radius 1 is 1.24 bits per heavy atom. The Morgan fingerprint density at radius 2 is 1.84 bits per heavy atom. The molecule has 2 rings (SSSR count). The van der Waals surface area contributed by atoms with Crippen LogP contribution in [0.15, 0.2) is 24.3 Å². The lowest BCUT2D eigenvalue weighted by Gasteiger charge is -2.39. The highest BCUT2D eigenvalue weighted by molar-refractivity contribution is 7.88. The van der Waals surface area contributed by atoms with E-state index in [2.05, 4.69) is 0 Å². The van der Waals surface area contributed by atoms with E-state index in [1.165, 1.54) is 33.5 Å². The summed E-state index contributed by atoms with van der Waals surface area (Å²) in [5.74, 6) is -0.593. The average molecular weight is 372 g/mol. The summed E-state index contributed by atoms with van der Waals surface area (Å²) in [5, 5.41) is 0. The number of carbonyl (C=O) groups excluding carboxylic acids is 1. The molecule has 6 nitrogen and oxygen atoms in total. The maximum atomic E-state index is 13.0. The Hall–Kier alpha value is -1.67. The van der Waals surface area contributed by atoms with Crippen LogP contribution in [-0.2, 0) is 20.5 Å². The number of amides is 1. The molecular formula is C17H25FN2O4S. The third kappa shape index (κ3) is 5.40. The Kier molecular flexibility index (Phi) is 5.73. The highest BCUT2D eigenvalue weighted by Gasteiger charge is 2.35. The van der Waals surface area contributed by atoms with Crippen LogP contribution in [0.4, 0.5) is 9.18 Å². The number of rotatable bonds is 3. The first-order valence-corrected chi connectivity index (χ1v) is 9.81. The zero-order valence-electron chi connectivity index (χ0n) is 15.0. The van der Waals surface area contributed by atoms with E-state index in [4.69, 9.17) is 4.74 Å². The maximum absolute atomic E-state index is 13.0. The number of hydrogen-bond acceptors (Lipinski definition) is 4. The van der Waals surface area contributed by atoms with Crippen LogP contribution in [0.2, 0.25) is 0 Å². The van der Waals surface area contributed by atoms with Gasteiger partial charge in [0, 0.05) is 25.7 Å². The van der Waals surface area contributed by atoms with Gasteiger partial charge in [0.15, 0.2) is 0 Å². The van der Waals surface area contributed by atoms with E-state index >= 15 is 0 Å². The van der Waals surface area contributed by atoms with E-state index in [1.807, 2.05) is 0 Å². The molecule has 1 aliphatic heterocycles. The van der Waals surface area contributed by atoms with E-state index in [1.54, 1.807) is 27.7 Å². The molecule has 1 unspecified atom stereocenters.